The molecule has 0 unspecified atom stereocenters. The van der Waals surface area contributed by atoms with Crippen LogP contribution in [0.4, 0.5) is 0 Å². The van der Waals surface area contributed by atoms with Gasteiger partial charge >= 0.3 is 5.69 Å². The summed E-state index contributed by atoms with van der Waals surface area (Å²) in [5.74, 6) is -0.140. The Hall–Kier alpha value is -1.92. The summed E-state index contributed by atoms with van der Waals surface area (Å²) >= 11 is 0. The molecule has 1 aromatic heterocycles. The number of aromatic nitrogens is 2. The number of ether oxygens (including phenoxy) is 1. The lowest BCUT2D eigenvalue weighted by Crippen LogP contribution is -2.33. The Morgan fingerprint density at radius 3 is 2.67 bits per heavy atom. The molecular weight excluding hydrogens is 509 g/mol. The zero-order valence-electron chi connectivity index (χ0n) is 20.1. The van der Waals surface area contributed by atoms with E-state index in [1.165, 1.54) is 10.8 Å². The van der Waals surface area contributed by atoms with E-state index in [1.807, 2.05) is 6.92 Å². The van der Waals surface area contributed by atoms with Crippen molar-refractivity contribution in [3.8, 4) is 0 Å². The summed E-state index contributed by atoms with van der Waals surface area (Å²) in [5.41, 5.74) is 0.288. The Morgan fingerprint density at radius 1 is 1.19 bits per heavy atom. The van der Waals surface area contributed by atoms with E-state index < -0.39 is 54.2 Å². The Kier molecular flexibility index (Phi) is 7.21. The van der Waals surface area contributed by atoms with Crippen LogP contribution in [0.15, 0.2) is 44.9 Å². The molecule has 11 nitrogen and oxygen atoms in total. The van der Waals surface area contributed by atoms with E-state index in [9.17, 15) is 23.1 Å². The van der Waals surface area contributed by atoms with Crippen molar-refractivity contribution in [2.24, 2.45) is 0 Å². The van der Waals surface area contributed by atoms with E-state index in [1.54, 1.807) is 31.2 Å². The minimum absolute atomic E-state index is 0.0634. The number of H-pyrrole nitrogens is 1. The number of rotatable bonds is 7. The van der Waals surface area contributed by atoms with Crippen molar-refractivity contribution in [1.82, 2.24) is 14.2 Å². The molecule has 0 saturated carbocycles. The van der Waals surface area contributed by atoms with E-state index in [0.717, 1.165) is 24.9 Å². The number of hydrogen-bond acceptors (Lipinski definition) is 9. The van der Waals surface area contributed by atoms with Gasteiger partial charge in [0.05, 0.1) is 29.5 Å². The maximum atomic E-state index is 13.1. The lowest BCUT2D eigenvalue weighted by atomic mass is 10.1. The fourth-order valence-corrected chi connectivity index (χ4v) is 8.52. The van der Waals surface area contributed by atoms with Crippen molar-refractivity contribution < 1.29 is 27.3 Å². The number of aryl methyl sites for hydroxylation is 2. The predicted octanol–water partition coefficient (Wildman–Crippen LogP) is 1.38. The Morgan fingerprint density at radius 2 is 1.94 bits per heavy atom. The van der Waals surface area contributed by atoms with E-state index in [4.69, 9.17) is 13.8 Å². The number of hydrogen-bond donors (Lipinski definition) is 2. The van der Waals surface area contributed by atoms with Crippen molar-refractivity contribution in [3.05, 3.63) is 62.4 Å². The molecule has 0 radical (unpaired) electrons. The van der Waals surface area contributed by atoms with Gasteiger partial charge in [-0.3, -0.25) is 14.3 Å². The van der Waals surface area contributed by atoms with Gasteiger partial charge < -0.3 is 18.9 Å². The van der Waals surface area contributed by atoms with Gasteiger partial charge in [0.15, 0.2) is 9.84 Å². The predicted molar refractivity (Wildman–Crippen MR) is 131 cm³/mol. The first kappa shape index (κ1) is 25.7. The highest BCUT2D eigenvalue weighted by Gasteiger charge is 2.50. The standard InChI is InChI=1S/C23H30N3O8PS/c1-14-5-7-16(8-6-14)36(30,31)13-20-17-4-3-9-26(17)35(34-20)33-18-10-21(32-19(18)12-27)25-11-15(2)22(28)24-23(25)29/h5-8,11,17-21,27H,3-4,9-10,12-13H2,1-2H3,(H,24,28,29)/t17-,18+,19+,20+,21+,35-/m0/s1. The molecule has 4 heterocycles. The van der Waals surface area contributed by atoms with E-state index >= 15 is 0 Å². The molecule has 6 atom stereocenters. The number of fused-ring (bicyclic) bond motifs is 1. The second-order valence-electron chi connectivity index (χ2n) is 9.52. The first-order valence-corrected chi connectivity index (χ1v) is 14.7. The highest BCUT2D eigenvalue weighted by molar-refractivity contribution is 7.91. The second-order valence-corrected chi connectivity index (χ2v) is 13.0. The van der Waals surface area contributed by atoms with Crippen LogP contribution < -0.4 is 11.2 Å². The quantitative estimate of drug-likeness (QED) is 0.500. The molecule has 3 aliphatic heterocycles. The smallest absolute Gasteiger partial charge is 0.330 e. The number of nitrogens with zero attached hydrogens (tertiary/aromatic N) is 2. The summed E-state index contributed by atoms with van der Waals surface area (Å²) < 4.78 is 47.9. The number of nitrogens with one attached hydrogen (secondary N) is 1. The van der Waals surface area contributed by atoms with Crippen molar-refractivity contribution in [2.75, 3.05) is 18.9 Å². The minimum atomic E-state index is -3.55. The van der Waals surface area contributed by atoms with Gasteiger partial charge in [0.1, 0.15) is 12.3 Å². The molecule has 1 aromatic carbocycles. The molecule has 5 rings (SSSR count). The second kappa shape index (κ2) is 10.1. The lowest BCUT2D eigenvalue weighted by Gasteiger charge is -2.24. The van der Waals surface area contributed by atoms with Crippen LogP contribution in [0.1, 0.15) is 36.6 Å². The molecule has 0 amide bonds. The van der Waals surface area contributed by atoms with Crippen LogP contribution in [-0.4, -0.2) is 71.0 Å². The van der Waals surface area contributed by atoms with Crippen LogP contribution >= 0.6 is 8.53 Å². The molecule has 0 bridgehead atoms. The highest BCUT2D eigenvalue weighted by atomic mass is 32.2. The average Bonchev–Trinajstić information content (AvgIpc) is 3.54. The first-order chi connectivity index (χ1) is 17.2. The summed E-state index contributed by atoms with van der Waals surface area (Å²) in [6, 6.07) is 6.73. The fourth-order valence-electron chi connectivity index (χ4n) is 4.95. The van der Waals surface area contributed by atoms with Crippen molar-refractivity contribution >= 4 is 18.4 Å². The first-order valence-electron chi connectivity index (χ1n) is 11.9. The molecule has 196 valence electrons. The summed E-state index contributed by atoms with van der Waals surface area (Å²) in [7, 11) is -5.12. The zero-order chi connectivity index (χ0) is 25.6. The summed E-state index contributed by atoms with van der Waals surface area (Å²) in [4.78, 5) is 26.6. The van der Waals surface area contributed by atoms with Gasteiger partial charge in [0, 0.05) is 30.8 Å². The number of aromatic amines is 1. The van der Waals surface area contributed by atoms with Crippen molar-refractivity contribution in [3.63, 3.8) is 0 Å². The molecule has 0 aliphatic carbocycles. The molecule has 2 aromatic rings. The zero-order valence-corrected chi connectivity index (χ0v) is 21.8. The van der Waals surface area contributed by atoms with Gasteiger partial charge in [-0.25, -0.2) is 17.9 Å². The Labute approximate surface area is 209 Å². The molecule has 13 heteroatoms. The number of sulfone groups is 1. The summed E-state index contributed by atoms with van der Waals surface area (Å²) in [5, 5.41) is 9.90. The van der Waals surface area contributed by atoms with E-state index in [-0.39, 0.29) is 29.7 Å². The van der Waals surface area contributed by atoms with Crippen molar-refractivity contribution in [2.45, 2.75) is 68.6 Å². The highest BCUT2D eigenvalue weighted by Crippen LogP contribution is 2.57. The summed E-state index contributed by atoms with van der Waals surface area (Å²) in [6.45, 7) is 3.91. The van der Waals surface area contributed by atoms with Crippen LogP contribution in [0.2, 0.25) is 0 Å². The normalized spacial score (nSPS) is 30.6. The van der Waals surface area contributed by atoms with Gasteiger partial charge in [-0.05, 0) is 38.8 Å². The van der Waals surface area contributed by atoms with Gasteiger partial charge in [-0.15, -0.1) is 0 Å². The van der Waals surface area contributed by atoms with Crippen LogP contribution in [0.5, 0.6) is 0 Å². The monoisotopic (exact) mass is 539 g/mol. The van der Waals surface area contributed by atoms with Crippen molar-refractivity contribution in [1.29, 1.82) is 0 Å². The Balaban J connectivity index is 1.31. The fraction of sp³-hybridized carbons (Fsp3) is 0.565. The lowest BCUT2D eigenvalue weighted by molar-refractivity contribution is -0.0429. The van der Waals surface area contributed by atoms with Gasteiger partial charge in [-0.2, -0.15) is 0 Å². The third-order valence-electron chi connectivity index (χ3n) is 6.94. The van der Waals surface area contributed by atoms with E-state index in [0.29, 0.717) is 5.56 Å². The molecule has 36 heavy (non-hydrogen) atoms. The third kappa shape index (κ3) is 4.96. The topological polar surface area (TPSA) is 140 Å². The van der Waals surface area contributed by atoms with Gasteiger partial charge in [0.25, 0.3) is 14.1 Å². The summed E-state index contributed by atoms with van der Waals surface area (Å²) in [6.07, 6.45) is 0.911. The number of benzene rings is 1. The number of aliphatic hydroxyl groups excluding tert-OH is 1. The number of aliphatic hydroxyl groups is 1. The van der Waals surface area contributed by atoms with Crippen LogP contribution in [0.3, 0.4) is 0 Å². The largest absolute Gasteiger partial charge is 0.394 e. The average molecular weight is 540 g/mol. The maximum Gasteiger partial charge on any atom is 0.330 e. The van der Waals surface area contributed by atoms with Gasteiger partial charge in [0.2, 0.25) is 0 Å². The molecule has 2 N–H and O–H groups in total. The van der Waals surface area contributed by atoms with E-state index in [2.05, 4.69) is 9.65 Å². The molecule has 3 saturated heterocycles. The minimum Gasteiger partial charge on any atom is -0.394 e. The maximum absolute atomic E-state index is 13.1. The molecular formula is C23H30N3O8PS. The molecule has 3 fully saturated rings. The third-order valence-corrected chi connectivity index (χ3v) is 10.5. The van der Waals surface area contributed by atoms with Crippen LogP contribution in [0.25, 0.3) is 0 Å². The van der Waals surface area contributed by atoms with Gasteiger partial charge in [-0.1, -0.05) is 17.7 Å². The molecule has 0 spiro atoms. The van der Waals surface area contributed by atoms with Crippen LogP contribution in [-0.2, 0) is 23.6 Å². The van der Waals surface area contributed by atoms with Crippen LogP contribution in [0, 0.1) is 13.8 Å². The molecule has 3 aliphatic rings. The Bertz CT molecular complexity index is 1330. The SMILES string of the molecule is Cc1ccc(S(=O)(=O)C[C@H]2O[P@](O[C@@H]3C[C@H](n4cc(C)c(=O)[nH]c4=O)O[C@@H]3CO)N3CCC[C@@H]23)cc1.